The van der Waals surface area contributed by atoms with Gasteiger partial charge in [-0.05, 0) is 11.6 Å². The van der Waals surface area contributed by atoms with E-state index in [1.165, 1.54) is 5.56 Å². The van der Waals surface area contributed by atoms with Gasteiger partial charge < -0.3 is 10.8 Å². The maximum Gasteiger partial charge on any atom is 0.332 e. The van der Waals surface area contributed by atoms with Crippen molar-refractivity contribution in [1.29, 1.82) is 0 Å². The van der Waals surface area contributed by atoms with Crippen LogP contribution >= 0.6 is 34.8 Å². The van der Waals surface area contributed by atoms with Crippen molar-refractivity contribution in [3.63, 3.8) is 0 Å². The van der Waals surface area contributed by atoms with Gasteiger partial charge in [0.25, 0.3) is 0 Å². The third-order valence-corrected chi connectivity index (χ3v) is 3.45. The average molecular weight is 350 g/mol. The van der Waals surface area contributed by atoms with Gasteiger partial charge in [-0.3, -0.25) is 10.1 Å². The van der Waals surface area contributed by atoms with Crippen molar-refractivity contribution in [2.24, 2.45) is 5.73 Å². The molecule has 0 aromatic heterocycles. The molecule has 8 heteroatoms. The van der Waals surface area contributed by atoms with Gasteiger partial charge in [-0.25, -0.2) is 0 Å². The number of halogens is 3. The summed E-state index contributed by atoms with van der Waals surface area (Å²) in [5.41, 5.74) is 5.86. The molecule has 0 atom stereocenters. The molecular weight excluding hydrogens is 339 g/mol. The third-order valence-electron chi connectivity index (χ3n) is 2.38. The van der Waals surface area contributed by atoms with Crippen LogP contribution in [-0.2, 0) is 6.54 Å². The van der Waals surface area contributed by atoms with Gasteiger partial charge in [-0.2, -0.15) is 0 Å². The molecule has 2 aromatic carbocycles. The number of nitro groups is 1. The van der Waals surface area contributed by atoms with Gasteiger partial charge in [-0.1, -0.05) is 65.1 Å². The monoisotopic (exact) mass is 348 g/mol. The standard InChI is InChI=1S/C7H9N.C6H2Cl3NO3/c8-6-7-4-2-1-3-5-7;7-2-1-3(8)6(11)5(4(2)9)10(12)13/h1-5H,6,8H2;1,11H. The van der Waals surface area contributed by atoms with Crippen LogP contribution in [0.2, 0.25) is 15.1 Å². The van der Waals surface area contributed by atoms with Crippen LogP contribution in [0.15, 0.2) is 36.4 Å². The van der Waals surface area contributed by atoms with Crippen molar-refractivity contribution in [3.05, 3.63) is 67.1 Å². The minimum atomic E-state index is -0.852. The van der Waals surface area contributed by atoms with Crippen molar-refractivity contribution in [3.8, 4) is 5.75 Å². The lowest BCUT2D eigenvalue weighted by Gasteiger charge is -2.01. The van der Waals surface area contributed by atoms with Crippen molar-refractivity contribution in [1.82, 2.24) is 0 Å². The van der Waals surface area contributed by atoms with E-state index < -0.39 is 16.4 Å². The number of phenolic OH excluding ortho intramolecular Hbond substituents is 1. The Morgan fingerprint density at radius 3 is 2.14 bits per heavy atom. The van der Waals surface area contributed by atoms with Gasteiger partial charge in [-0.15, -0.1) is 0 Å². The zero-order valence-electron chi connectivity index (χ0n) is 10.6. The van der Waals surface area contributed by atoms with Gasteiger partial charge in [0.05, 0.1) is 15.0 Å². The van der Waals surface area contributed by atoms with Crippen LogP contribution in [0.25, 0.3) is 0 Å². The average Bonchev–Trinajstić information content (AvgIpc) is 2.46. The molecule has 0 saturated heterocycles. The molecule has 2 aromatic rings. The first-order valence-electron chi connectivity index (χ1n) is 5.63. The number of nitrogens with two attached hydrogens (primary N) is 1. The summed E-state index contributed by atoms with van der Waals surface area (Å²) < 4.78 is 0. The number of aromatic hydroxyl groups is 1. The summed E-state index contributed by atoms with van der Waals surface area (Å²) in [5, 5.41) is 18.9. The number of hydrogen-bond donors (Lipinski definition) is 2. The van der Waals surface area contributed by atoms with Crippen LogP contribution in [-0.4, -0.2) is 10.0 Å². The van der Waals surface area contributed by atoms with Gasteiger partial charge in [0.15, 0.2) is 0 Å². The molecule has 0 radical (unpaired) electrons. The van der Waals surface area contributed by atoms with Crippen molar-refractivity contribution < 1.29 is 10.0 Å². The summed E-state index contributed by atoms with van der Waals surface area (Å²) >= 11 is 16.4. The number of nitro benzene ring substituents is 1. The molecule has 0 fully saturated rings. The summed E-state index contributed by atoms with van der Waals surface area (Å²) in [6.07, 6.45) is 0. The van der Waals surface area contributed by atoms with E-state index in [1.807, 2.05) is 30.3 Å². The third kappa shape index (κ3) is 4.75. The summed E-state index contributed by atoms with van der Waals surface area (Å²) in [5.74, 6) is -0.680. The maximum absolute atomic E-state index is 10.4. The molecule has 3 N–H and O–H groups in total. The number of nitrogens with zero attached hydrogens (tertiary/aromatic N) is 1. The lowest BCUT2D eigenvalue weighted by atomic mass is 10.2. The molecule has 0 bridgehead atoms. The Morgan fingerprint density at radius 2 is 1.71 bits per heavy atom. The fourth-order valence-electron chi connectivity index (χ4n) is 1.35. The molecule has 0 aliphatic rings. The predicted octanol–water partition coefficient (Wildman–Crippen LogP) is 4.41. The molecule has 0 unspecified atom stereocenters. The zero-order valence-corrected chi connectivity index (χ0v) is 12.9. The highest BCUT2D eigenvalue weighted by atomic mass is 35.5. The largest absolute Gasteiger partial charge is 0.501 e. The Balaban J connectivity index is 0.000000235. The molecule has 0 saturated carbocycles. The van der Waals surface area contributed by atoms with Gasteiger partial charge in [0, 0.05) is 6.54 Å². The Kier molecular flexibility index (Phi) is 6.71. The Labute approximate surface area is 136 Å². The second-order valence-electron chi connectivity index (χ2n) is 3.80. The molecule has 0 aliphatic carbocycles. The zero-order chi connectivity index (χ0) is 16.0. The van der Waals surface area contributed by atoms with E-state index in [2.05, 4.69) is 0 Å². The van der Waals surface area contributed by atoms with Gasteiger partial charge in [0.1, 0.15) is 5.02 Å². The van der Waals surface area contributed by atoms with E-state index >= 15 is 0 Å². The second kappa shape index (κ2) is 8.05. The molecule has 2 rings (SSSR count). The molecule has 112 valence electrons. The van der Waals surface area contributed by atoms with Crippen LogP contribution in [0, 0.1) is 10.1 Å². The van der Waals surface area contributed by atoms with E-state index in [0.29, 0.717) is 6.54 Å². The highest BCUT2D eigenvalue weighted by Crippen LogP contribution is 2.43. The smallest absolute Gasteiger partial charge is 0.332 e. The number of phenols is 1. The summed E-state index contributed by atoms with van der Waals surface area (Å²) in [6.45, 7) is 0.640. The quantitative estimate of drug-likeness (QED) is 0.477. The van der Waals surface area contributed by atoms with Crippen LogP contribution in [0.3, 0.4) is 0 Å². The molecule has 5 nitrogen and oxygen atoms in total. The Hall–Kier alpha value is -1.53. The first-order valence-corrected chi connectivity index (χ1v) is 6.76. The predicted molar refractivity (Wildman–Crippen MR) is 84.1 cm³/mol. The number of hydrogen-bond acceptors (Lipinski definition) is 4. The topological polar surface area (TPSA) is 89.4 Å². The summed E-state index contributed by atoms with van der Waals surface area (Å²) in [4.78, 5) is 9.54. The highest BCUT2D eigenvalue weighted by Gasteiger charge is 2.24. The molecular formula is C13H11Cl3N2O3. The van der Waals surface area contributed by atoms with E-state index in [9.17, 15) is 10.1 Å². The minimum Gasteiger partial charge on any atom is -0.501 e. The van der Waals surface area contributed by atoms with Crippen molar-refractivity contribution >= 4 is 40.5 Å². The van der Waals surface area contributed by atoms with Crippen LogP contribution in [0.4, 0.5) is 5.69 Å². The lowest BCUT2D eigenvalue weighted by molar-refractivity contribution is -0.385. The molecule has 0 heterocycles. The van der Waals surface area contributed by atoms with E-state index in [1.54, 1.807) is 0 Å². The molecule has 0 amide bonds. The van der Waals surface area contributed by atoms with E-state index in [4.69, 9.17) is 45.6 Å². The first kappa shape index (κ1) is 17.5. The summed E-state index contributed by atoms with van der Waals surface area (Å²) in [6, 6.07) is 11.1. The highest BCUT2D eigenvalue weighted by molar-refractivity contribution is 6.45. The SMILES string of the molecule is NCc1ccccc1.O=[N+]([O-])c1c(O)c(Cl)cc(Cl)c1Cl. The van der Waals surface area contributed by atoms with Crippen molar-refractivity contribution in [2.75, 3.05) is 0 Å². The van der Waals surface area contributed by atoms with Crippen molar-refractivity contribution in [2.45, 2.75) is 6.54 Å². The normalized spacial score (nSPS) is 9.71. The molecule has 0 aliphatic heterocycles. The fraction of sp³-hybridized carbons (Fsp3) is 0.0769. The van der Waals surface area contributed by atoms with Crippen LogP contribution in [0.5, 0.6) is 5.75 Å². The van der Waals surface area contributed by atoms with Gasteiger partial charge in [0.2, 0.25) is 5.75 Å². The van der Waals surface area contributed by atoms with Crippen LogP contribution < -0.4 is 5.73 Å². The summed E-state index contributed by atoms with van der Waals surface area (Å²) in [7, 11) is 0. The second-order valence-corrected chi connectivity index (χ2v) is 4.99. The van der Waals surface area contributed by atoms with Crippen LogP contribution in [0.1, 0.15) is 5.56 Å². The Morgan fingerprint density at radius 1 is 1.14 bits per heavy atom. The molecule has 21 heavy (non-hydrogen) atoms. The number of benzene rings is 2. The van der Waals surface area contributed by atoms with E-state index in [0.717, 1.165) is 6.07 Å². The Bertz CT molecular complexity index is 610. The maximum atomic E-state index is 10.4. The van der Waals surface area contributed by atoms with Gasteiger partial charge >= 0.3 is 5.69 Å². The minimum absolute atomic E-state index is 0.0730. The van der Waals surface area contributed by atoms with E-state index in [-0.39, 0.29) is 15.1 Å². The fourth-order valence-corrected chi connectivity index (χ4v) is 2.02. The first-order chi connectivity index (χ1) is 9.88. The number of rotatable bonds is 2. The lowest BCUT2D eigenvalue weighted by Crippen LogP contribution is -1.94. The molecule has 0 spiro atoms.